The average molecular weight is 644 g/mol. The predicted molar refractivity (Wildman–Crippen MR) is 162 cm³/mol. The van der Waals surface area contributed by atoms with Crippen molar-refractivity contribution in [2.75, 3.05) is 0 Å². The van der Waals surface area contributed by atoms with Gasteiger partial charge < -0.3 is 0 Å². The molecule has 3 rings (SSSR count). The Balaban J connectivity index is 1.92. The van der Waals surface area contributed by atoms with Crippen LogP contribution in [0.2, 0.25) is 0 Å². The van der Waals surface area contributed by atoms with E-state index in [9.17, 15) is 9.90 Å². The molecular formula is C36H52IO2-. The zero-order valence-corrected chi connectivity index (χ0v) is 28.8. The summed E-state index contributed by atoms with van der Waals surface area (Å²) < 4.78 is 2.99. The molecule has 1 N–H and O–H groups in total. The Morgan fingerprint density at radius 1 is 0.744 bits per heavy atom. The molecule has 0 spiro atoms. The molecule has 0 bridgehead atoms. The molecule has 1 atom stereocenters. The van der Waals surface area contributed by atoms with Gasteiger partial charge in [-0.15, -0.1) is 0 Å². The van der Waals surface area contributed by atoms with Crippen LogP contribution in [0.15, 0.2) is 60.5 Å². The number of Topliss-reactive ketones (excluding diaryl/α,β-unsaturated/α-hetero) is 1. The van der Waals surface area contributed by atoms with E-state index in [2.05, 4.69) is 113 Å². The zero-order chi connectivity index (χ0) is 29.6. The minimum absolute atomic E-state index is 0.0651. The molecule has 216 valence electrons. The van der Waals surface area contributed by atoms with E-state index in [1.807, 2.05) is 6.08 Å². The number of ketones is 1. The number of aliphatic hydroxyl groups excluding tert-OH is 1. The number of carbonyl (C=O) groups excluding carboxylic acids is 1. The fraction of sp³-hybridized carbons (Fsp3) is 0.583. The molecule has 0 radical (unpaired) electrons. The fourth-order valence-corrected chi connectivity index (χ4v) is 9.18. The average Bonchev–Trinajstić information content (AvgIpc) is 2.71. The summed E-state index contributed by atoms with van der Waals surface area (Å²) in [6.45, 7) is 27.3. The maximum absolute atomic E-state index is 13.4. The molecule has 1 unspecified atom stereocenters. The van der Waals surface area contributed by atoms with Gasteiger partial charge in [-0.05, 0) is 10.8 Å². The van der Waals surface area contributed by atoms with Gasteiger partial charge >= 0.3 is 198 Å². The van der Waals surface area contributed by atoms with Crippen LogP contribution in [-0.4, -0.2) is 10.9 Å². The number of carbonyl (C=O) groups is 1. The van der Waals surface area contributed by atoms with Crippen molar-refractivity contribution in [3.8, 4) is 0 Å². The molecule has 0 saturated heterocycles. The number of rotatable bonds is 6. The van der Waals surface area contributed by atoms with Crippen LogP contribution in [0.4, 0.5) is 0 Å². The topological polar surface area (TPSA) is 37.3 Å². The van der Waals surface area contributed by atoms with Crippen molar-refractivity contribution in [1.82, 2.24) is 0 Å². The molecule has 0 fully saturated rings. The van der Waals surface area contributed by atoms with E-state index in [4.69, 9.17) is 0 Å². The second kappa shape index (κ2) is 11.3. The van der Waals surface area contributed by atoms with Gasteiger partial charge in [-0.1, -0.05) is 41.5 Å². The van der Waals surface area contributed by atoms with Crippen LogP contribution in [-0.2, 0) is 24.1 Å². The normalized spacial score (nSPS) is 20.5. The summed E-state index contributed by atoms with van der Waals surface area (Å²) in [6.07, 6.45) is 10.1. The van der Waals surface area contributed by atoms with E-state index in [0.717, 1.165) is 30.4 Å². The monoisotopic (exact) mass is 643 g/mol. The van der Waals surface area contributed by atoms with Gasteiger partial charge in [0.2, 0.25) is 0 Å². The van der Waals surface area contributed by atoms with Crippen LogP contribution in [0, 0.1) is 27.6 Å². The van der Waals surface area contributed by atoms with Gasteiger partial charge in [0.15, 0.2) is 0 Å². The Morgan fingerprint density at radius 3 is 1.67 bits per heavy atom. The van der Waals surface area contributed by atoms with Gasteiger partial charge in [0.1, 0.15) is 0 Å². The van der Waals surface area contributed by atoms with Crippen molar-refractivity contribution in [3.05, 3.63) is 77.2 Å². The summed E-state index contributed by atoms with van der Waals surface area (Å²) in [7, 11) is 0. The van der Waals surface area contributed by atoms with Crippen molar-refractivity contribution in [2.45, 2.75) is 109 Å². The van der Waals surface area contributed by atoms with E-state index in [1.165, 1.54) is 18.3 Å². The quantitative estimate of drug-likeness (QED) is 0.351. The number of halogens is 1. The molecule has 2 aliphatic rings. The SMILES string of the molecule is CC(C)(C)CC1=C/C(=C/C2=C(O)C(Cc3cc(CC(C)(C)C)cc(CC(C)(C)C)c3)C2=O)C=C(C(C)(C)C)[I-]1. The molecule has 1 aliphatic carbocycles. The Hall–Kier alpha value is -1.62. The maximum atomic E-state index is 13.4. The zero-order valence-electron chi connectivity index (χ0n) is 26.6. The molecule has 0 aromatic heterocycles. The van der Waals surface area contributed by atoms with E-state index in [0.29, 0.717) is 12.0 Å². The van der Waals surface area contributed by atoms with Gasteiger partial charge in [0.05, 0.1) is 0 Å². The first-order chi connectivity index (χ1) is 17.6. The van der Waals surface area contributed by atoms with Gasteiger partial charge in [-0.2, -0.15) is 0 Å². The minimum atomic E-state index is -0.440. The number of allylic oxidation sites excluding steroid dienone is 8. The number of hydrogen-bond donors (Lipinski definition) is 1. The standard InChI is InChI=1S/C36H52IO2/c1-33(2,3)20-25-13-23(14-26(15-25)21-34(4,5)6)17-28-31(38)29(32(28)39)18-24-16-27(22-35(7,8)9)37-30(19-24)36(10,11)12/h13-16,18-19,28,38H,17,20-22H2,1-12H3/q-1/b24-18-. The summed E-state index contributed by atoms with van der Waals surface area (Å²) >= 11 is -0.188. The Morgan fingerprint density at radius 2 is 1.23 bits per heavy atom. The first kappa shape index (κ1) is 31.9. The van der Waals surface area contributed by atoms with Crippen LogP contribution in [0.5, 0.6) is 0 Å². The second-order valence-corrected chi connectivity index (χ2v) is 19.4. The Kier molecular flexibility index (Phi) is 9.27. The van der Waals surface area contributed by atoms with E-state index in [-0.39, 0.29) is 54.4 Å². The van der Waals surface area contributed by atoms with Crippen LogP contribution in [0.1, 0.15) is 106 Å². The third kappa shape index (κ3) is 9.47. The molecule has 1 aromatic carbocycles. The van der Waals surface area contributed by atoms with E-state index in [1.54, 1.807) is 0 Å². The van der Waals surface area contributed by atoms with Crippen molar-refractivity contribution >= 4 is 5.78 Å². The van der Waals surface area contributed by atoms with Crippen molar-refractivity contribution in [1.29, 1.82) is 0 Å². The summed E-state index contributed by atoms with van der Waals surface area (Å²) in [4.78, 5) is 13.4. The third-order valence-corrected chi connectivity index (χ3v) is 10.7. The molecule has 1 aliphatic heterocycles. The predicted octanol–water partition coefficient (Wildman–Crippen LogP) is 6.70. The molecule has 3 heteroatoms. The Labute approximate surface area is 249 Å². The van der Waals surface area contributed by atoms with Crippen molar-refractivity contribution in [3.63, 3.8) is 0 Å². The molecule has 1 aromatic rings. The first-order valence-electron chi connectivity index (χ1n) is 14.5. The van der Waals surface area contributed by atoms with Crippen molar-refractivity contribution in [2.24, 2.45) is 27.6 Å². The number of benzene rings is 1. The van der Waals surface area contributed by atoms with Gasteiger partial charge in [0.25, 0.3) is 0 Å². The van der Waals surface area contributed by atoms with Crippen molar-refractivity contribution < 1.29 is 31.1 Å². The molecule has 1 heterocycles. The van der Waals surface area contributed by atoms with Crippen LogP contribution in [0.3, 0.4) is 0 Å². The third-order valence-electron chi connectivity index (χ3n) is 6.78. The fourth-order valence-electron chi connectivity index (χ4n) is 5.26. The van der Waals surface area contributed by atoms with Gasteiger partial charge in [-0.3, -0.25) is 0 Å². The first-order valence-corrected chi connectivity index (χ1v) is 16.6. The van der Waals surface area contributed by atoms with Crippen LogP contribution >= 0.6 is 0 Å². The van der Waals surface area contributed by atoms with E-state index >= 15 is 0 Å². The molecular weight excluding hydrogens is 591 g/mol. The van der Waals surface area contributed by atoms with Crippen LogP contribution < -0.4 is 21.2 Å². The molecule has 0 saturated carbocycles. The summed E-state index contributed by atoms with van der Waals surface area (Å²) in [5.41, 5.74) is 6.04. The number of aliphatic hydroxyl groups is 1. The summed E-state index contributed by atoms with van der Waals surface area (Å²) in [5, 5.41) is 11.1. The molecule has 2 nitrogen and oxygen atoms in total. The Bertz CT molecular complexity index is 1190. The second-order valence-electron chi connectivity index (χ2n) is 16.4. The van der Waals surface area contributed by atoms with E-state index < -0.39 is 5.92 Å². The summed E-state index contributed by atoms with van der Waals surface area (Å²) in [5.74, 6) is -0.123. The van der Waals surface area contributed by atoms with Gasteiger partial charge in [-0.25, -0.2) is 0 Å². The number of hydrogen-bond acceptors (Lipinski definition) is 2. The van der Waals surface area contributed by atoms with Crippen LogP contribution in [0.25, 0.3) is 0 Å². The summed E-state index contributed by atoms with van der Waals surface area (Å²) in [6, 6.07) is 6.83. The molecule has 39 heavy (non-hydrogen) atoms. The van der Waals surface area contributed by atoms with Gasteiger partial charge in [0, 0.05) is 0 Å². The molecule has 0 amide bonds.